The van der Waals surface area contributed by atoms with Crippen molar-refractivity contribution in [3.8, 4) is 0 Å². The zero-order valence-corrected chi connectivity index (χ0v) is 20.3. The van der Waals surface area contributed by atoms with Crippen molar-refractivity contribution in [2.45, 2.75) is 39.7 Å². The molecule has 1 aliphatic heterocycles. The first-order valence-electron chi connectivity index (χ1n) is 11.6. The minimum Gasteiger partial charge on any atom is -0.275 e. The molecule has 33 heavy (non-hydrogen) atoms. The fourth-order valence-electron chi connectivity index (χ4n) is 5.86. The first-order valence-corrected chi connectivity index (χ1v) is 13.5. The maximum atomic E-state index is 14.1. The second-order valence-electron chi connectivity index (χ2n) is 9.98. The molecule has 2 aliphatic rings. The lowest BCUT2D eigenvalue weighted by molar-refractivity contribution is -0.146. The molecule has 0 N–H and O–H groups in total. The van der Waals surface area contributed by atoms with Crippen LogP contribution in [0.3, 0.4) is 0 Å². The fraction of sp³-hybridized carbons (Fsp3) is 0.276. The summed E-state index contributed by atoms with van der Waals surface area (Å²) in [5.41, 5.74) is -0.699. The number of amides is 2. The predicted octanol–water partition coefficient (Wildman–Crippen LogP) is 4.35. The number of likely N-dealkylation sites (tertiary alicyclic amines) is 1. The number of piperidine rings is 1. The summed E-state index contributed by atoms with van der Waals surface area (Å²) >= 11 is 0. The molecule has 3 nitrogen and oxygen atoms in total. The van der Waals surface area contributed by atoms with Gasteiger partial charge in [0.15, 0.2) is 0 Å². The summed E-state index contributed by atoms with van der Waals surface area (Å²) in [7, 11) is 0. The van der Waals surface area contributed by atoms with Crippen LogP contribution in [0.25, 0.3) is 0 Å². The van der Waals surface area contributed by atoms with Gasteiger partial charge in [-0.2, -0.15) is 0 Å². The van der Waals surface area contributed by atoms with Gasteiger partial charge in [-0.1, -0.05) is 112 Å². The topological polar surface area (TPSA) is 37.4 Å². The van der Waals surface area contributed by atoms with Crippen molar-refractivity contribution in [2.24, 2.45) is 10.8 Å². The molecule has 0 spiro atoms. The van der Waals surface area contributed by atoms with E-state index in [0.29, 0.717) is 0 Å². The van der Waals surface area contributed by atoms with Crippen molar-refractivity contribution in [2.75, 3.05) is 0 Å². The van der Waals surface area contributed by atoms with Gasteiger partial charge in [0, 0.05) is 11.8 Å². The number of carbonyl (C=O) groups is 2. The van der Waals surface area contributed by atoms with Gasteiger partial charge in [0.05, 0.1) is 5.41 Å². The first kappa shape index (κ1) is 21.9. The van der Waals surface area contributed by atoms with Crippen LogP contribution in [0.2, 0.25) is 0 Å². The van der Waals surface area contributed by atoms with Crippen LogP contribution in [0.1, 0.15) is 33.6 Å². The van der Waals surface area contributed by atoms with Crippen LogP contribution in [-0.4, -0.2) is 28.6 Å². The molecule has 3 aromatic carbocycles. The molecule has 0 aromatic heterocycles. The maximum absolute atomic E-state index is 14.1. The third-order valence-electron chi connectivity index (χ3n) is 8.21. The highest BCUT2D eigenvalue weighted by atomic mass is 31.2. The van der Waals surface area contributed by atoms with Crippen LogP contribution in [-0.2, 0) is 9.59 Å². The highest BCUT2D eigenvalue weighted by Gasteiger charge is 2.66. The van der Waals surface area contributed by atoms with Gasteiger partial charge in [-0.15, -0.1) is 0 Å². The fourth-order valence-corrected chi connectivity index (χ4v) is 9.58. The van der Waals surface area contributed by atoms with E-state index in [1.807, 2.05) is 67.3 Å². The minimum atomic E-state index is -2.44. The van der Waals surface area contributed by atoms with Gasteiger partial charge in [-0.05, 0) is 41.1 Å². The Labute approximate surface area is 196 Å². The summed E-state index contributed by atoms with van der Waals surface area (Å²) in [4.78, 5) is 29.2. The van der Waals surface area contributed by atoms with E-state index in [0.717, 1.165) is 28.8 Å². The van der Waals surface area contributed by atoms with Crippen LogP contribution >= 0.6 is 6.89 Å². The molecular formula is C29H30NO2P. The summed E-state index contributed by atoms with van der Waals surface area (Å²) in [5, 5.41) is 3.33. The molecule has 2 fully saturated rings. The zero-order chi connectivity index (χ0) is 23.3. The Kier molecular flexibility index (Phi) is 5.21. The summed E-state index contributed by atoms with van der Waals surface area (Å²) in [6.07, 6.45) is 1.73. The highest BCUT2D eigenvalue weighted by molar-refractivity contribution is 7.95. The third kappa shape index (κ3) is 3.09. The van der Waals surface area contributed by atoms with E-state index in [1.165, 1.54) is 0 Å². The van der Waals surface area contributed by atoms with Gasteiger partial charge >= 0.3 is 0 Å². The van der Waals surface area contributed by atoms with Crippen molar-refractivity contribution < 1.29 is 9.59 Å². The van der Waals surface area contributed by atoms with Crippen LogP contribution in [0.15, 0.2) is 91.0 Å². The smallest absolute Gasteiger partial charge is 0.254 e. The average molecular weight is 456 g/mol. The molecule has 0 unspecified atom stereocenters. The average Bonchev–Trinajstić information content (AvgIpc) is 3.16. The number of nitrogens with zero attached hydrogens (tertiary/aromatic N) is 1. The summed E-state index contributed by atoms with van der Waals surface area (Å²) in [5.74, 6) is 1.72. The van der Waals surface area contributed by atoms with Gasteiger partial charge in [0.25, 0.3) is 5.91 Å². The summed E-state index contributed by atoms with van der Waals surface area (Å²) in [6, 6.07) is 30.8. The van der Waals surface area contributed by atoms with Crippen molar-refractivity contribution in [3.05, 3.63) is 91.0 Å². The summed E-state index contributed by atoms with van der Waals surface area (Å²) < 4.78 is 0. The Morgan fingerprint density at radius 3 is 1.61 bits per heavy atom. The lowest BCUT2D eigenvalue weighted by atomic mass is 9.70. The zero-order valence-electron chi connectivity index (χ0n) is 19.4. The molecule has 2 bridgehead atoms. The Balaban J connectivity index is 1.77. The largest absolute Gasteiger partial charge is 0.275 e. The number of rotatable bonds is 4. The number of fused-ring (bicyclic) bond motifs is 2. The first-order chi connectivity index (χ1) is 15.8. The second-order valence-corrected chi connectivity index (χ2v) is 13.2. The maximum Gasteiger partial charge on any atom is 0.254 e. The van der Waals surface area contributed by atoms with Gasteiger partial charge in [-0.3, -0.25) is 14.5 Å². The van der Waals surface area contributed by atoms with E-state index >= 15 is 0 Å². The minimum absolute atomic E-state index is 0.0164. The molecular weight excluding hydrogens is 425 g/mol. The monoisotopic (exact) mass is 455 g/mol. The van der Waals surface area contributed by atoms with E-state index in [9.17, 15) is 9.59 Å². The standard InChI is InChI=1S/C29H30NO2P/c1-28(2)25-19-20-29(28,3)27(32)30(25)26(31)21-33(22-13-7-4-8-14-22,23-15-9-5-10-16-23)24-17-11-6-12-18-24/h4-18,21,25H,19-20H2,1-3H3/t25-,29-/m0/s1. The van der Waals surface area contributed by atoms with Crippen LogP contribution in [0.5, 0.6) is 0 Å². The van der Waals surface area contributed by atoms with Crippen molar-refractivity contribution in [3.63, 3.8) is 0 Å². The number of hydrogen-bond acceptors (Lipinski definition) is 2. The second kappa shape index (κ2) is 7.85. The molecule has 3 aromatic rings. The van der Waals surface area contributed by atoms with E-state index in [1.54, 1.807) is 4.90 Å². The molecule has 2 amide bonds. The van der Waals surface area contributed by atoms with Crippen molar-refractivity contribution in [1.29, 1.82) is 0 Å². The Hall–Kier alpha value is -2.90. The van der Waals surface area contributed by atoms with Crippen LogP contribution in [0, 0.1) is 10.8 Å². The van der Waals surface area contributed by atoms with E-state index in [4.69, 9.17) is 0 Å². The SMILES string of the molecule is CC1(C)[C@@H]2CC[C@@]1(C)C(=O)N2C(=O)C=P(c1ccccc1)(c1ccccc1)c1ccccc1. The van der Waals surface area contributed by atoms with Gasteiger partial charge < -0.3 is 0 Å². The molecule has 168 valence electrons. The Morgan fingerprint density at radius 1 is 0.818 bits per heavy atom. The van der Waals surface area contributed by atoms with Crippen LogP contribution in [0.4, 0.5) is 0 Å². The van der Waals surface area contributed by atoms with Crippen LogP contribution < -0.4 is 15.9 Å². The Bertz CT molecular complexity index is 1150. The highest BCUT2D eigenvalue weighted by Crippen LogP contribution is 2.60. The molecule has 4 heteroatoms. The Morgan fingerprint density at radius 2 is 1.24 bits per heavy atom. The summed E-state index contributed by atoms with van der Waals surface area (Å²) in [6.45, 7) is 3.88. The lowest BCUT2D eigenvalue weighted by Gasteiger charge is -2.31. The van der Waals surface area contributed by atoms with E-state index in [2.05, 4.69) is 50.2 Å². The molecule has 0 radical (unpaired) electrons. The molecule has 1 aliphatic carbocycles. The molecule has 5 rings (SSSR count). The molecule has 1 saturated heterocycles. The molecule has 1 heterocycles. The van der Waals surface area contributed by atoms with Crippen molar-refractivity contribution in [1.82, 2.24) is 4.90 Å². The molecule has 2 atom stereocenters. The molecule has 1 saturated carbocycles. The predicted molar refractivity (Wildman–Crippen MR) is 138 cm³/mol. The van der Waals surface area contributed by atoms with E-state index < -0.39 is 12.3 Å². The van der Waals surface area contributed by atoms with Gasteiger partial charge in [0.1, 0.15) is 0 Å². The number of imide groups is 1. The number of benzene rings is 3. The van der Waals surface area contributed by atoms with Gasteiger partial charge in [0.2, 0.25) is 5.91 Å². The van der Waals surface area contributed by atoms with E-state index in [-0.39, 0.29) is 23.3 Å². The van der Waals surface area contributed by atoms with Crippen molar-refractivity contribution >= 4 is 40.4 Å². The lowest BCUT2D eigenvalue weighted by Crippen LogP contribution is -2.45. The number of carbonyl (C=O) groups excluding carboxylic acids is 2. The third-order valence-corrected chi connectivity index (χ3v) is 12.2. The quantitative estimate of drug-likeness (QED) is 0.549. The van der Waals surface area contributed by atoms with Gasteiger partial charge in [-0.25, -0.2) is 0 Å². The number of hydrogen-bond donors (Lipinski definition) is 0. The normalized spacial score (nSPS) is 23.5.